The molecule has 0 aromatic heterocycles. The Morgan fingerprint density at radius 1 is 1.50 bits per heavy atom. The van der Waals surface area contributed by atoms with Gasteiger partial charge in [0, 0.05) is 19.7 Å². The van der Waals surface area contributed by atoms with Crippen molar-refractivity contribution < 1.29 is 14.6 Å². The van der Waals surface area contributed by atoms with Gasteiger partial charge in [-0.05, 0) is 36.5 Å². The Labute approximate surface area is 107 Å². The summed E-state index contributed by atoms with van der Waals surface area (Å²) < 4.78 is 5.42. The predicted molar refractivity (Wildman–Crippen MR) is 68.7 cm³/mol. The maximum atomic E-state index is 10.8. The van der Waals surface area contributed by atoms with Crippen LogP contribution in [0.25, 0.3) is 0 Å². The van der Waals surface area contributed by atoms with Crippen LogP contribution in [0.15, 0.2) is 24.3 Å². The van der Waals surface area contributed by atoms with E-state index in [-0.39, 0.29) is 0 Å². The molecule has 0 bridgehead atoms. The monoisotopic (exact) mass is 249 g/mol. The van der Waals surface area contributed by atoms with E-state index in [0.29, 0.717) is 18.0 Å². The number of aromatic carboxylic acids is 1. The largest absolute Gasteiger partial charge is 0.478 e. The van der Waals surface area contributed by atoms with E-state index in [4.69, 9.17) is 9.84 Å². The minimum absolute atomic E-state index is 0.343. The summed E-state index contributed by atoms with van der Waals surface area (Å²) in [6.07, 6.45) is 2.35. The third-order valence-electron chi connectivity index (χ3n) is 3.19. The summed E-state index contributed by atoms with van der Waals surface area (Å²) >= 11 is 0. The smallest absolute Gasteiger partial charge is 0.335 e. The van der Waals surface area contributed by atoms with Gasteiger partial charge in [-0.2, -0.15) is 0 Å². The second-order valence-electron chi connectivity index (χ2n) is 4.72. The molecule has 4 nitrogen and oxygen atoms in total. The lowest BCUT2D eigenvalue weighted by atomic mass is 10.0. The van der Waals surface area contributed by atoms with Gasteiger partial charge in [0.25, 0.3) is 0 Å². The van der Waals surface area contributed by atoms with Crippen LogP contribution in [0.4, 0.5) is 0 Å². The van der Waals surface area contributed by atoms with Gasteiger partial charge in [-0.3, -0.25) is 0 Å². The highest BCUT2D eigenvalue weighted by molar-refractivity contribution is 5.87. The van der Waals surface area contributed by atoms with Crippen molar-refractivity contribution in [2.24, 2.45) is 5.92 Å². The fraction of sp³-hybridized carbons (Fsp3) is 0.500. The SMILES string of the molecule is O=C(O)c1cccc(CNCC2CCCOC2)c1. The minimum atomic E-state index is -0.877. The Hall–Kier alpha value is -1.39. The molecule has 1 heterocycles. The summed E-state index contributed by atoms with van der Waals surface area (Å²) in [4.78, 5) is 10.8. The molecule has 1 saturated heterocycles. The first-order valence-electron chi connectivity index (χ1n) is 6.36. The lowest BCUT2D eigenvalue weighted by Gasteiger charge is -2.22. The molecular formula is C14H19NO3. The lowest BCUT2D eigenvalue weighted by molar-refractivity contribution is 0.0547. The van der Waals surface area contributed by atoms with Gasteiger partial charge in [0.2, 0.25) is 0 Å². The van der Waals surface area contributed by atoms with Gasteiger partial charge in [0.1, 0.15) is 0 Å². The summed E-state index contributed by atoms with van der Waals surface area (Å²) in [5, 5.41) is 12.3. The van der Waals surface area contributed by atoms with Crippen molar-refractivity contribution >= 4 is 5.97 Å². The molecule has 1 aromatic rings. The van der Waals surface area contributed by atoms with E-state index in [2.05, 4.69) is 5.32 Å². The van der Waals surface area contributed by atoms with E-state index in [9.17, 15) is 4.79 Å². The van der Waals surface area contributed by atoms with Crippen molar-refractivity contribution in [3.8, 4) is 0 Å². The van der Waals surface area contributed by atoms with Crippen molar-refractivity contribution in [3.63, 3.8) is 0 Å². The van der Waals surface area contributed by atoms with Gasteiger partial charge in [0.15, 0.2) is 0 Å². The van der Waals surface area contributed by atoms with E-state index < -0.39 is 5.97 Å². The zero-order valence-electron chi connectivity index (χ0n) is 10.4. The molecule has 1 unspecified atom stereocenters. The zero-order valence-corrected chi connectivity index (χ0v) is 10.4. The van der Waals surface area contributed by atoms with Gasteiger partial charge in [0.05, 0.1) is 12.2 Å². The van der Waals surface area contributed by atoms with Gasteiger partial charge in [-0.25, -0.2) is 4.79 Å². The molecule has 2 N–H and O–H groups in total. The highest BCUT2D eigenvalue weighted by Gasteiger charge is 2.13. The first kappa shape index (κ1) is 13.1. The zero-order chi connectivity index (χ0) is 12.8. The number of carboxylic acid groups (broad SMARTS) is 1. The summed E-state index contributed by atoms with van der Waals surface area (Å²) in [5.41, 5.74) is 1.35. The van der Waals surface area contributed by atoms with E-state index in [0.717, 1.165) is 31.7 Å². The average molecular weight is 249 g/mol. The first-order chi connectivity index (χ1) is 8.75. The summed E-state index contributed by atoms with van der Waals surface area (Å²) in [6.45, 7) is 3.36. The average Bonchev–Trinajstić information content (AvgIpc) is 2.40. The van der Waals surface area contributed by atoms with E-state index in [1.807, 2.05) is 6.07 Å². The van der Waals surface area contributed by atoms with Crippen LogP contribution in [0.3, 0.4) is 0 Å². The number of hydrogen-bond donors (Lipinski definition) is 2. The molecule has 1 aliphatic rings. The van der Waals surface area contributed by atoms with Crippen molar-refractivity contribution in [3.05, 3.63) is 35.4 Å². The van der Waals surface area contributed by atoms with E-state index in [1.54, 1.807) is 18.2 Å². The predicted octanol–water partition coefficient (Wildman–Crippen LogP) is 1.90. The van der Waals surface area contributed by atoms with Crippen molar-refractivity contribution in [2.75, 3.05) is 19.8 Å². The standard InChI is InChI=1S/C14H19NO3/c16-14(17)13-5-1-3-11(7-13)8-15-9-12-4-2-6-18-10-12/h1,3,5,7,12,15H,2,4,6,8-10H2,(H,16,17). The van der Waals surface area contributed by atoms with Crippen molar-refractivity contribution in [1.82, 2.24) is 5.32 Å². The topological polar surface area (TPSA) is 58.6 Å². The number of carboxylic acids is 1. The Kier molecular flexibility index (Phi) is 4.73. The van der Waals surface area contributed by atoms with Gasteiger partial charge < -0.3 is 15.2 Å². The molecule has 1 aliphatic heterocycles. The molecule has 1 aromatic carbocycles. The molecule has 0 saturated carbocycles. The first-order valence-corrected chi connectivity index (χ1v) is 6.36. The van der Waals surface area contributed by atoms with Crippen LogP contribution in [0.2, 0.25) is 0 Å². The quantitative estimate of drug-likeness (QED) is 0.836. The molecule has 18 heavy (non-hydrogen) atoms. The van der Waals surface area contributed by atoms with Crippen LogP contribution in [0.1, 0.15) is 28.8 Å². The van der Waals surface area contributed by atoms with Gasteiger partial charge >= 0.3 is 5.97 Å². The fourth-order valence-electron chi connectivity index (χ4n) is 2.20. The van der Waals surface area contributed by atoms with Crippen LogP contribution in [0.5, 0.6) is 0 Å². The molecule has 0 spiro atoms. The van der Waals surface area contributed by atoms with Crippen LogP contribution >= 0.6 is 0 Å². The third-order valence-corrected chi connectivity index (χ3v) is 3.19. The number of benzene rings is 1. The van der Waals surface area contributed by atoms with E-state index >= 15 is 0 Å². The van der Waals surface area contributed by atoms with Crippen LogP contribution < -0.4 is 5.32 Å². The third kappa shape index (κ3) is 3.82. The molecular weight excluding hydrogens is 230 g/mol. The molecule has 2 rings (SSSR count). The molecule has 98 valence electrons. The van der Waals surface area contributed by atoms with Crippen LogP contribution in [-0.2, 0) is 11.3 Å². The van der Waals surface area contributed by atoms with Crippen molar-refractivity contribution in [2.45, 2.75) is 19.4 Å². The maximum absolute atomic E-state index is 10.8. The number of nitrogens with one attached hydrogen (secondary N) is 1. The molecule has 4 heteroatoms. The summed E-state index contributed by atoms with van der Waals surface area (Å²) in [6, 6.07) is 7.05. The number of rotatable bonds is 5. The van der Waals surface area contributed by atoms with Crippen molar-refractivity contribution in [1.29, 1.82) is 0 Å². The Bertz CT molecular complexity index is 400. The number of ether oxygens (including phenoxy) is 1. The van der Waals surface area contributed by atoms with E-state index in [1.165, 1.54) is 6.42 Å². The molecule has 0 aliphatic carbocycles. The van der Waals surface area contributed by atoms with Crippen LogP contribution in [-0.4, -0.2) is 30.8 Å². The second kappa shape index (κ2) is 6.52. The van der Waals surface area contributed by atoms with Crippen LogP contribution in [0, 0.1) is 5.92 Å². The second-order valence-corrected chi connectivity index (χ2v) is 4.72. The highest BCUT2D eigenvalue weighted by Crippen LogP contribution is 2.12. The number of carbonyl (C=O) groups is 1. The Morgan fingerprint density at radius 2 is 2.39 bits per heavy atom. The van der Waals surface area contributed by atoms with Gasteiger partial charge in [-0.15, -0.1) is 0 Å². The molecule has 1 fully saturated rings. The molecule has 0 radical (unpaired) electrons. The summed E-state index contributed by atoms with van der Waals surface area (Å²) in [5.74, 6) is -0.293. The van der Waals surface area contributed by atoms with Gasteiger partial charge in [-0.1, -0.05) is 12.1 Å². The fourth-order valence-corrected chi connectivity index (χ4v) is 2.20. The lowest BCUT2D eigenvalue weighted by Crippen LogP contribution is -2.28. The maximum Gasteiger partial charge on any atom is 0.335 e. The Balaban J connectivity index is 1.78. The Morgan fingerprint density at radius 3 is 3.11 bits per heavy atom. The normalized spacial score (nSPS) is 19.7. The molecule has 0 amide bonds. The number of hydrogen-bond acceptors (Lipinski definition) is 3. The summed E-state index contributed by atoms with van der Waals surface area (Å²) in [7, 11) is 0. The minimum Gasteiger partial charge on any atom is -0.478 e. The molecule has 1 atom stereocenters. The highest BCUT2D eigenvalue weighted by atomic mass is 16.5.